The lowest BCUT2D eigenvalue weighted by Crippen LogP contribution is -2.30. The van der Waals surface area contributed by atoms with Gasteiger partial charge < -0.3 is 0 Å². The SMILES string of the molecule is Cc1ccc2c(c1)C(c1ccc3c(c1)CC3)(c1ccc3c(c1)CC3)c1cc(C)ccc1-2. The summed E-state index contributed by atoms with van der Waals surface area (Å²) in [4.78, 5) is 0. The Morgan fingerprint density at radius 2 is 0.935 bits per heavy atom. The Kier molecular flexibility index (Phi) is 3.38. The van der Waals surface area contributed by atoms with E-state index in [0.717, 1.165) is 0 Å². The van der Waals surface area contributed by atoms with Crippen molar-refractivity contribution in [2.75, 3.05) is 0 Å². The predicted octanol–water partition coefficient (Wildman–Crippen LogP) is 6.86. The van der Waals surface area contributed by atoms with E-state index < -0.39 is 0 Å². The van der Waals surface area contributed by atoms with E-state index >= 15 is 0 Å². The number of hydrogen-bond donors (Lipinski definition) is 0. The number of hydrogen-bond acceptors (Lipinski definition) is 0. The smallest absolute Gasteiger partial charge is 0.0587 e. The van der Waals surface area contributed by atoms with Gasteiger partial charge in [-0.1, -0.05) is 83.9 Å². The molecule has 4 aromatic carbocycles. The highest BCUT2D eigenvalue weighted by Crippen LogP contribution is 2.57. The molecule has 0 atom stereocenters. The van der Waals surface area contributed by atoms with Crippen LogP contribution in [0.4, 0.5) is 0 Å². The van der Waals surface area contributed by atoms with E-state index in [1.54, 1.807) is 0 Å². The molecule has 3 aliphatic rings. The molecular weight excluding hydrogens is 372 g/mol. The Balaban J connectivity index is 1.65. The first-order valence-corrected chi connectivity index (χ1v) is 11.6. The second kappa shape index (κ2) is 5.98. The van der Waals surface area contributed by atoms with Crippen LogP contribution in [0.2, 0.25) is 0 Å². The molecule has 0 aliphatic heterocycles. The second-order valence-electron chi connectivity index (χ2n) is 9.82. The lowest BCUT2D eigenvalue weighted by Gasteiger charge is -2.37. The van der Waals surface area contributed by atoms with Crippen LogP contribution < -0.4 is 0 Å². The lowest BCUT2D eigenvalue weighted by atomic mass is 9.65. The van der Waals surface area contributed by atoms with Gasteiger partial charge in [0.2, 0.25) is 0 Å². The zero-order valence-corrected chi connectivity index (χ0v) is 18.3. The highest BCUT2D eigenvalue weighted by molar-refractivity contribution is 5.87. The van der Waals surface area contributed by atoms with Crippen molar-refractivity contribution in [2.24, 2.45) is 0 Å². The van der Waals surface area contributed by atoms with E-state index in [9.17, 15) is 0 Å². The minimum atomic E-state index is -0.238. The lowest BCUT2D eigenvalue weighted by molar-refractivity contribution is 0.739. The van der Waals surface area contributed by atoms with E-state index in [0.29, 0.717) is 0 Å². The molecule has 0 heterocycles. The third-order valence-corrected chi connectivity index (χ3v) is 8.05. The molecule has 0 N–H and O–H groups in total. The summed E-state index contributed by atoms with van der Waals surface area (Å²) in [5.74, 6) is 0. The molecule has 31 heavy (non-hydrogen) atoms. The number of benzene rings is 4. The molecule has 150 valence electrons. The molecule has 0 radical (unpaired) electrons. The minimum absolute atomic E-state index is 0.238. The molecule has 4 aromatic rings. The van der Waals surface area contributed by atoms with Crippen molar-refractivity contribution in [1.82, 2.24) is 0 Å². The van der Waals surface area contributed by atoms with Crippen LogP contribution in [0.15, 0.2) is 72.8 Å². The van der Waals surface area contributed by atoms with Gasteiger partial charge in [-0.25, -0.2) is 0 Å². The van der Waals surface area contributed by atoms with Gasteiger partial charge >= 0.3 is 0 Å². The van der Waals surface area contributed by atoms with Gasteiger partial charge in [0.1, 0.15) is 0 Å². The topological polar surface area (TPSA) is 0 Å². The van der Waals surface area contributed by atoms with Crippen LogP contribution in [0.25, 0.3) is 11.1 Å². The second-order valence-corrected chi connectivity index (χ2v) is 9.82. The summed E-state index contributed by atoms with van der Waals surface area (Å²) in [7, 11) is 0. The Morgan fingerprint density at radius 1 is 0.484 bits per heavy atom. The standard InChI is InChI=1S/C31H26/c1-19-3-13-27-28-14-4-20(2)16-30(28)31(29(27)15-19,25-11-9-21-5-7-23(21)17-25)26-12-10-22-6-8-24(22)18-26/h3-4,9-18H,5-8H2,1-2H3. The first kappa shape index (κ1) is 17.5. The maximum Gasteiger partial charge on any atom is 0.0713 e. The van der Waals surface area contributed by atoms with E-state index in [2.05, 4.69) is 86.6 Å². The molecule has 0 saturated heterocycles. The highest BCUT2D eigenvalue weighted by Gasteiger charge is 2.47. The van der Waals surface area contributed by atoms with Gasteiger partial charge in [0.15, 0.2) is 0 Å². The van der Waals surface area contributed by atoms with Crippen molar-refractivity contribution in [1.29, 1.82) is 0 Å². The maximum absolute atomic E-state index is 2.52. The molecule has 0 unspecified atom stereocenters. The molecule has 7 rings (SSSR count). The van der Waals surface area contributed by atoms with Crippen LogP contribution in [0.5, 0.6) is 0 Å². The van der Waals surface area contributed by atoms with Crippen LogP contribution in [-0.2, 0) is 31.1 Å². The summed E-state index contributed by atoms with van der Waals surface area (Å²) in [6.07, 6.45) is 4.88. The van der Waals surface area contributed by atoms with Crippen molar-refractivity contribution >= 4 is 0 Å². The van der Waals surface area contributed by atoms with Gasteiger partial charge in [0, 0.05) is 0 Å². The zero-order valence-electron chi connectivity index (χ0n) is 18.3. The monoisotopic (exact) mass is 398 g/mol. The molecular formula is C31H26. The predicted molar refractivity (Wildman–Crippen MR) is 128 cm³/mol. The van der Waals surface area contributed by atoms with Gasteiger partial charge in [-0.05, 0) is 95.2 Å². The average Bonchev–Trinajstić information content (AvgIpc) is 2.99. The van der Waals surface area contributed by atoms with E-state index in [4.69, 9.17) is 0 Å². The van der Waals surface area contributed by atoms with Crippen LogP contribution in [0.3, 0.4) is 0 Å². The van der Waals surface area contributed by atoms with Crippen molar-refractivity contribution in [3.8, 4) is 11.1 Å². The first-order valence-electron chi connectivity index (χ1n) is 11.6. The summed E-state index contributed by atoms with van der Waals surface area (Å²) in [6.45, 7) is 4.46. The van der Waals surface area contributed by atoms with Gasteiger partial charge in [0.05, 0.1) is 5.41 Å². The van der Waals surface area contributed by atoms with Gasteiger partial charge in [-0.15, -0.1) is 0 Å². The number of aryl methyl sites for hydroxylation is 6. The normalized spacial score (nSPS) is 16.5. The van der Waals surface area contributed by atoms with Crippen molar-refractivity contribution in [2.45, 2.75) is 44.9 Å². The summed E-state index contributed by atoms with van der Waals surface area (Å²) in [5.41, 5.74) is 17.1. The maximum atomic E-state index is 2.52. The largest absolute Gasteiger partial charge is 0.0713 e. The molecule has 0 nitrogen and oxygen atoms in total. The van der Waals surface area contributed by atoms with Crippen LogP contribution in [0, 0.1) is 13.8 Å². The molecule has 3 aliphatic carbocycles. The van der Waals surface area contributed by atoms with E-state index in [1.807, 2.05) is 0 Å². The molecule has 0 aromatic heterocycles. The Hall–Kier alpha value is -3.12. The summed E-state index contributed by atoms with van der Waals surface area (Å²) in [5, 5.41) is 0. The quantitative estimate of drug-likeness (QED) is 0.305. The van der Waals surface area contributed by atoms with E-state index in [-0.39, 0.29) is 5.41 Å². The molecule has 0 spiro atoms. The third kappa shape index (κ3) is 2.20. The Morgan fingerprint density at radius 3 is 1.32 bits per heavy atom. The summed E-state index contributed by atoms with van der Waals surface area (Å²) >= 11 is 0. The summed E-state index contributed by atoms with van der Waals surface area (Å²) in [6, 6.07) is 28.8. The third-order valence-electron chi connectivity index (χ3n) is 8.05. The Labute approximate surface area is 184 Å². The van der Waals surface area contributed by atoms with Gasteiger partial charge in [0.25, 0.3) is 0 Å². The molecule has 0 amide bonds. The van der Waals surface area contributed by atoms with E-state index in [1.165, 1.54) is 92.4 Å². The zero-order chi connectivity index (χ0) is 20.7. The first-order chi connectivity index (χ1) is 15.1. The number of rotatable bonds is 2. The van der Waals surface area contributed by atoms with Crippen molar-refractivity contribution in [3.63, 3.8) is 0 Å². The van der Waals surface area contributed by atoms with Gasteiger partial charge in [-0.3, -0.25) is 0 Å². The molecule has 0 heteroatoms. The molecule has 0 fully saturated rings. The molecule has 0 bridgehead atoms. The van der Waals surface area contributed by atoms with Crippen molar-refractivity contribution < 1.29 is 0 Å². The van der Waals surface area contributed by atoms with Crippen LogP contribution >= 0.6 is 0 Å². The van der Waals surface area contributed by atoms with Gasteiger partial charge in [-0.2, -0.15) is 0 Å². The summed E-state index contributed by atoms with van der Waals surface area (Å²) < 4.78 is 0. The number of fused-ring (bicyclic) bond motifs is 5. The van der Waals surface area contributed by atoms with Crippen LogP contribution in [0.1, 0.15) is 55.6 Å². The fraction of sp³-hybridized carbons (Fsp3) is 0.226. The van der Waals surface area contributed by atoms with Crippen molar-refractivity contribution in [3.05, 3.63) is 128 Å². The molecule has 0 saturated carbocycles. The average molecular weight is 399 g/mol. The highest BCUT2D eigenvalue weighted by atomic mass is 14.5. The fourth-order valence-corrected chi connectivity index (χ4v) is 6.20. The van der Waals surface area contributed by atoms with Crippen LogP contribution in [-0.4, -0.2) is 0 Å². The fourth-order valence-electron chi connectivity index (χ4n) is 6.20. The minimum Gasteiger partial charge on any atom is -0.0587 e. The Bertz CT molecular complexity index is 1290.